The van der Waals surface area contributed by atoms with Crippen molar-refractivity contribution in [2.45, 2.75) is 18.6 Å². The Balaban J connectivity index is 1.88. The van der Waals surface area contributed by atoms with Gasteiger partial charge in [-0.05, 0) is 6.07 Å². The Kier molecular flexibility index (Phi) is 3.35. The lowest BCUT2D eigenvalue weighted by molar-refractivity contribution is -0.0968. The largest absolute Gasteiger partial charge is 0.376 e. The first-order valence-corrected chi connectivity index (χ1v) is 5.19. The summed E-state index contributed by atoms with van der Waals surface area (Å²) in [6, 6.07) is 1.93. The molecule has 2 unspecified atom stereocenters. The normalized spacial score (nSPS) is 24.0. The number of hydrogen-bond acceptors (Lipinski definition) is 4. The van der Waals surface area contributed by atoms with Gasteiger partial charge < -0.3 is 15.2 Å². The fraction of sp³-hybridized carbons (Fsp3) is 0.700. The Morgan fingerprint density at radius 3 is 3.13 bits per heavy atom. The van der Waals surface area contributed by atoms with E-state index < -0.39 is 0 Å². The van der Waals surface area contributed by atoms with Gasteiger partial charge in [0.15, 0.2) is 0 Å². The third kappa shape index (κ3) is 2.77. The molecule has 0 bridgehead atoms. The van der Waals surface area contributed by atoms with Gasteiger partial charge in [-0.3, -0.25) is 4.68 Å². The highest BCUT2D eigenvalue weighted by atomic mass is 16.6. The van der Waals surface area contributed by atoms with Crippen LogP contribution in [0.5, 0.6) is 0 Å². The maximum atomic E-state index is 6.04. The number of aromatic nitrogens is 2. The molecule has 1 aromatic rings. The summed E-state index contributed by atoms with van der Waals surface area (Å²) in [5, 5.41) is 4.29. The molecule has 1 aromatic heterocycles. The number of rotatable bonds is 3. The first-order valence-electron chi connectivity index (χ1n) is 5.19. The third-order valence-corrected chi connectivity index (χ3v) is 2.53. The van der Waals surface area contributed by atoms with Crippen molar-refractivity contribution in [3.05, 3.63) is 18.0 Å². The van der Waals surface area contributed by atoms with Gasteiger partial charge >= 0.3 is 0 Å². The second-order valence-corrected chi connectivity index (χ2v) is 3.83. The first kappa shape index (κ1) is 10.6. The Morgan fingerprint density at radius 2 is 2.53 bits per heavy atom. The molecule has 0 radical (unpaired) electrons. The van der Waals surface area contributed by atoms with E-state index in [0.717, 1.165) is 12.1 Å². The molecule has 2 atom stereocenters. The summed E-state index contributed by atoms with van der Waals surface area (Å²) in [6.45, 7) is 1.90. The van der Waals surface area contributed by atoms with Gasteiger partial charge in [0.25, 0.3) is 0 Å². The summed E-state index contributed by atoms with van der Waals surface area (Å²) in [6.07, 6.45) is 2.65. The van der Waals surface area contributed by atoms with Crippen molar-refractivity contribution in [2.24, 2.45) is 12.8 Å². The zero-order valence-corrected chi connectivity index (χ0v) is 8.93. The Hall–Kier alpha value is -0.910. The molecule has 1 saturated heterocycles. The maximum absolute atomic E-state index is 6.04. The van der Waals surface area contributed by atoms with Gasteiger partial charge in [0, 0.05) is 25.7 Å². The van der Waals surface area contributed by atoms with E-state index in [1.807, 2.05) is 19.3 Å². The molecule has 0 spiro atoms. The van der Waals surface area contributed by atoms with Crippen LogP contribution >= 0.6 is 0 Å². The minimum absolute atomic E-state index is 0.000700. The molecule has 0 saturated carbocycles. The van der Waals surface area contributed by atoms with Crippen LogP contribution < -0.4 is 5.73 Å². The lowest BCUT2D eigenvalue weighted by Gasteiger charge is -2.27. The minimum Gasteiger partial charge on any atom is -0.376 e. The number of aryl methyl sites for hydroxylation is 1. The predicted octanol–water partition coefficient (Wildman–Crippen LogP) is -0.295. The first-order chi connectivity index (χ1) is 7.25. The van der Waals surface area contributed by atoms with Crippen LogP contribution in [0.2, 0.25) is 0 Å². The summed E-state index contributed by atoms with van der Waals surface area (Å²) >= 11 is 0. The van der Waals surface area contributed by atoms with E-state index in [4.69, 9.17) is 15.2 Å². The second kappa shape index (κ2) is 4.74. The molecule has 1 aliphatic heterocycles. The minimum atomic E-state index is -0.0415. The van der Waals surface area contributed by atoms with Gasteiger partial charge in [0.05, 0.1) is 31.6 Å². The molecule has 15 heavy (non-hydrogen) atoms. The molecular weight excluding hydrogens is 194 g/mol. The maximum Gasteiger partial charge on any atom is 0.0963 e. The van der Waals surface area contributed by atoms with Crippen LogP contribution in [0.25, 0.3) is 0 Å². The number of hydrogen-bond donors (Lipinski definition) is 1. The van der Waals surface area contributed by atoms with E-state index in [2.05, 4.69) is 5.10 Å². The summed E-state index contributed by atoms with van der Waals surface area (Å²) in [5.74, 6) is 0. The highest BCUT2D eigenvalue weighted by Crippen LogP contribution is 2.08. The summed E-state index contributed by atoms with van der Waals surface area (Å²) < 4.78 is 12.6. The fourth-order valence-electron chi connectivity index (χ4n) is 1.70. The summed E-state index contributed by atoms with van der Waals surface area (Å²) in [5.41, 5.74) is 7.03. The van der Waals surface area contributed by atoms with Crippen molar-refractivity contribution in [1.82, 2.24) is 9.78 Å². The summed E-state index contributed by atoms with van der Waals surface area (Å²) in [4.78, 5) is 0. The van der Waals surface area contributed by atoms with Crippen molar-refractivity contribution in [1.29, 1.82) is 0 Å². The number of ether oxygens (including phenoxy) is 2. The van der Waals surface area contributed by atoms with E-state index >= 15 is 0 Å². The van der Waals surface area contributed by atoms with Gasteiger partial charge in [-0.25, -0.2) is 0 Å². The lowest BCUT2D eigenvalue weighted by Crippen LogP contribution is -2.44. The smallest absolute Gasteiger partial charge is 0.0963 e. The quantitative estimate of drug-likeness (QED) is 0.746. The molecule has 2 heterocycles. The molecule has 5 nitrogen and oxygen atoms in total. The van der Waals surface area contributed by atoms with Crippen molar-refractivity contribution < 1.29 is 9.47 Å². The van der Waals surface area contributed by atoms with Gasteiger partial charge in [-0.15, -0.1) is 0 Å². The van der Waals surface area contributed by atoms with Crippen molar-refractivity contribution in [3.8, 4) is 0 Å². The lowest BCUT2D eigenvalue weighted by atomic mass is 10.1. The van der Waals surface area contributed by atoms with Crippen LogP contribution in [0.15, 0.2) is 12.3 Å². The zero-order valence-electron chi connectivity index (χ0n) is 8.93. The molecule has 0 amide bonds. The molecule has 1 fully saturated rings. The van der Waals surface area contributed by atoms with Crippen LogP contribution in [0.4, 0.5) is 0 Å². The van der Waals surface area contributed by atoms with Crippen molar-refractivity contribution in [3.63, 3.8) is 0 Å². The Labute approximate surface area is 89.2 Å². The van der Waals surface area contributed by atoms with E-state index in [1.54, 1.807) is 4.68 Å². The highest BCUT2D eigenvalue weighted by Gasteiger charge is 2.22. The van der Waals surface area contributed by atoms with Gasteiger partial charge in [0.2, 0.25) is 0 Å². The fourth-order valence-corrected chi connectivity index (χ4v) is 1.70. The third-order valence-electron chi connectivity index (χ3n) is 2.53. The van der Waals surface area contributed by atoms with E-state index in [0.29, 0.717) is 19.8 Å². The molecule has 2 rings (SSSR count). The zero-order chi connectivity index (χ0) is 10.7. The number of nitrogens with zero attached hydrogens (tertiary/aromatic N) is 2. The average Bonchev–Trinajstić information content (AvgIpc) is 2.65. The average molecular weight is 211 g/mol. The van der Waals surface area contributed by atoms with Gasteiger partial charge in [-0.1, -0.05) is 0 Å². The monoisotopic (exact) mass is 211 g/mol. The SMILES string of the molecule is Cn1ccc(CC(N)C2COCCO2)n1. The van der Waals surface area contributed by atoms with Gasteiger partial charge in [0.1, 0.15) is 0 Å². The molecule has 5 heteroatoms. The Bertz CT molecular complexity index is 307. The predicted molar refractivity (Wildman–Crippen MR) is 55.4 cm³/mol. The molecule has 84 valence electrons. The standard InChI is InChI=1S/C10H17N3O2/c1-13-3-2-8(12-13)6-9(11)10-7-14-4-5-15-10/h2-3,9-10H,4-7,11H2,1H3. The van der Waals surface area contributed by atoms with Crippen LogP contribution in [-0.4, -0.2) is 41.7 Å². The van der Waals surface area contributed by atoms with Gasteiger partial charge in [-0.2, -0.15) is 5.10 Å². The topological polar surface area (TPSA) is 62.3 Å². The molecule has 0 aromatic carbocycles. The van der Waals surface area contributed by atoms with E-state index in [9.17, 15) is 0 Å². The van der Waals surface area contributed by atoms with Crippen LogP contribution in [0.1, 0.15) is 5.69 Å². The molecular formula is C10H17N3O2. The van der Waals surface area contributed by atoms with Crippen molar-refractivity contribution >= 4 is 0 Å². The van der Waals surface area contributed by atoms with Crippen LogP contribution in [-0.2, 0) is 22.9 Å². The number of nitrogens with two attached hydrogens (primary N) is 1. The highest BCUT2D eigenvalue weighted by molar-refractivity contribution is 5.02. The Morgan fingerprint density at radius 1 is 1.67 bits per heavy atom. The molecule has 0 aliphatic carbocycles. The molecule has 1 aliphatic rings. The van der Waals surface area contributed by atoms with E-state index in [1.165, 1.54) is 0 Å². The van der Waals surface area contributed by atoms with Crippen LogP contribution in [0, 0.1) is 0 Å². The van der Waals surface area contributed by atoms with Crippen LogP contribution in [0.3, 0.4) is 0 Å². The van der Waals surface area contributed by atoms with Crippen molar-refractivity contribution in [2.75, 3.05) is 19.8 Å². The summed E-state index contributed by atoms with van der Waals surface area (Å²) in [7, 11) is 1.90. The molecule has 2 N–H and O–H groups in total. The second-order valence-electron chi connectivity index (χ2n) is 3.83. The van der Waals surface area contributed by atoms with E-state index in [-0.39, 0.29) is 12.1 Å².